The molecule has 0 unspecified atom stereocenters. The van der Waals surface area contributed by atoms with Crippen LogP contribution in [0, 0.1) is 13.8 Å². The Morgan fingerprint density at radius 2 is 1.86 bits per heavy atom. The molecule has 0 aliphatic rings. The lowest BCUT2D eigenvalue weighted by atomic mass is 10.1. The van der Waals surface area contributed by atoms with Crippen molar-refractivity contribution in [2.75, 3.05) is 0 Å². The molecule has 2 N–H and O–H groups in total. The SMILES string of the molecule is Cc1cccc(COC(=O)c2cc(S(N)(=O)=O)ccc2C)c1. The number of benzene rings is 2. The van der Waals surface area contributed by atoms with Crippen LogP contribution in [0.5, 0.6) is 0 Å². The number of aryl methyl sites for hydroxylation is 2. The summed E-state index contributed by atoms with van der Waals surface area (Å²) in [6, 6.07) is 11.7. The highest BCUT2D eigenvalue weighted by molar-refractivity contribution is 7.89. The van der Waals surface area contributed by atoms with Crippen molar-refractivity contribution in [3.63, 3.8) is 0 Å². The molecular weight excluding hydrogens is 302 g/mol. The van der Waals surface area contributed by atoms with Crippen molar-refractivity contribution in [3.8, 4) is 0 Å². The first-order chi connectivity index (χ1) is 10.3. The molecule has 0 aliphatic heterocycles. The van der Waals surface area contributed by atoms with Crippen LogP contribution in [-0.2, 0) is 21.4 Å². The van der Waals surface area contributed by atoms with Crippen LogP contribution in [0.4, 0.5) is 0 Å². The lowest BCUT2D eigenvalue weighted by molar-refractivity contribution is 0.0471. The van der Waals surface area contributed by atoms with Crippen molar-refractivity contribution in [1.29, 1.82) is 0 Å². The molecule has 0 aliphatic carbocycles. The number of hydrogen-bond donors (Lipinski definition) is 1. The average molecular weight is 319 g/mol. The molecule has 116 valence electrons. The topological polar surface area (TPSA) is 86.5 Å². The lowest BCUT2D eigenvalue weighted by Crippen LogP contribution is -2.14. The summed E-state index contributed by atoms with van der Waals surface area (Å²) in [6.07, 6.45) is 0. The zero-order chi connectivity index (χ0) is 16.3. The van der Waals surface area contributed by atoms with E-state index in [1.54, 1.807) is 6.92 Å². The summed E-state index contributed by atoms with van der Waals surface area (Å²) in [5.41, 5.74) is 2.76. The maximum absolute atomic E-state index is 12.1. The first-order valence-electron chi connectivity index (χ1n) is 6.63. The standard InChI is InChI=1S/C16H17NO4S/c1-11-4-3-5-13(8-11)10-21-16(18)15-9-14(22(17,19)20)7-6-12(15)2/h3-9H,10H2,1-2H3,(H2,17,19,20). The molecule has 0 saturated heterocycles. The van der Waals surface area contributed by atoms with Crippen LogP contribution < -0.4 is 5.14 Å². The molecular formula is C16H17NO4S. The number of esters is 1. The number of sulfonamides is 1. The molecule has 0 bridgehead atoms. The Balaban J connectivity index is 2.19. The molecule has 0 amide bonds. The van der Waals surface area contributed by atoms with E-state index in [0.717, 1.165) is 11.1 Å². The number of carbonyl (C=O) groups is 1. The van der Waals surface area contributed by atoms with Gasteiger partial charge in [0.05, 0.1) is 10.5 Å². The third kappa shape index (κ3) is 3.93. The molecule has 0 radical (unpaired) electrons. The summed E-state index contributed by atoms with van der Waals surface area (Å²) < 4.78 is 28.0. The van der Waals surface area contributed by atoms with Crippen molar-refractivity contribution >= 4 is 16.0 Å². The Bertz CT molecular complexity index is 813. The number of nitrogens with two attached hydrogens (primary N) is 1. The van der Waals surface area contributed by atoms with E-state index in [0.29, 0.717) is 5.56 Å². The molecule has 0 aromatic heterocycles. The van der Waals surface area contributed by atoms with Crippen LogP contribution in [0.15, 0.2) is 47.4 Å². The molecule has 6 heteroatoms. The zero-order valence-electron chi connectivity index (χ0n) is 12.4. The van der Waals surface area contributed by atoms with Gasteiger partial charge in [0.2, 0.25) is 10.0 Å². The third-order valence-electron chi connectivity index (χ3n) is 3.21. The van der Waals surface area contributed by atoms with Gasteiger partial charge in [-0.3, -0.25) is 0 Å². The van der Waals surface area contributed by atoms with Crippen molar-refractivity contribution in [1.82, 2.24) is 0 Å². The van der Waals surface area contributed by atoms with Gasteiger partial charge in [0.15, 0.2) is 0 Å². The summed E-state index contributed by atoms with van der Waals surface area (Å²) in [5, 5.41) is 5.08. The van der Waals surface area contributed by atoms with Gasteiger partial charge in [0, 0.05) is 0 Å². The van der Waals surface area contributed by atoms with Gasteiger partial charge in [-0.2, -0.15) is 0 Å². The molecule has 0 fully saturated rings. The van der Waals surface area contributed by atoms with E-state index < -0.39 is 16.0 Å². The predicted octanol–water partition coefficient (Wildman–Crippen LogP) is 2.31. The highest BCUT2D eigenvalue weighted by Gasteiger charge is 2.16. The van der Waals surface area contributed by atoms with Gasteiger partial charge >= 0.3 is 5.97 Å². The molecule has 2 aromatic rings. The maximum atomic E-state index is 12.1. The number of rotatable bonds is 4. The summed E-state index contributed by atoms with van der Waals surface area (Å²) in [4.78, 5) is 12.0. The minimum atomic E-state index is -3.86. The molecule has 5 nitrogen and oxygen atoms in total. The summed E-state index contributed by atoms with van der Waals surface area (Å²) in [5.74, 6) is -0.579. The number of hydrogen-bond acceptors (Lipinski definition) is 4. The van der Waals surface area contributed by atoms with Gasteiger partial charge in [-0.25, -0.2) is 18.4 Å². The van der Waals surface area contributed by atoms with Crippen molar-refractivity contribution in [2.45, 2.75) is 25.3 Å². The van der Waals surface area contributed by atoms with Gasteiger partial charge in [0.25, 0.3) is 0 Å². The Morgan fingerprint density at radius 1 is 1.14 bits per heavy atom. The van der Waals surface area contributed by atoms with E-state index in [9.17, 15) is 13.2 Å². The predicted molar refractivity (Wildman–Crippen MR) is 82.9 cm³/mol. The van der Waals surface area contributed by atoms with Crippen LogP contribution >= 0.6 is 0 Å². The first kappa shape index (κ1) is 16.2. The smallest absolute Gasteiger partial charge is 0.338 e. The van der Waals surface area contributed by atoms with Crippen molar-refractivity contribution < 1.29 is 17.9 Å². The Labute approximate surface area is 129 Å². The molecule has 0 heterocycles. The fourth-order valence-electron chi connectivity index (χ4n) is 2.03. The van der Waals surface area contributed by atoms with E-state index in [2.05, 4.69) is 0 Å². The van der Waals surface area contributed by atoms with Gasteiger partial charge in [0.1, 0.15) is 6.61 Å². The van der Waals surface area contributed by atoms with Crippen LogP contribution in [-0.4, -0.2) is 14.4 Å². The normalized spacial score (nSPS) is 11.2. The fraction of sp³-hybridized carbons (Fsp3) is 0.188. The fourth-order valence-corrected chi connectivity index (χ4v) is 2.57. The van der Waals surface area contributed by atoms with Crippen molar-refractivity contribution in [2.24, 2.45) is 5.14 Å². The molecule has 2 rings (SSSR count). The maximum Gasteiger partial charge on any atom is 0.338 e. The first-order valence-corrected chi connectivity index (χ1v) is 8.18. The molecule has 0 spiro atoms. The van der Waals surface area contributed by atoms with E-state index in [4.69, 9.17) is 9.88 Å². The number of carbonyl (C=O) groups excluding carboxylic acids is 1. The molecule has 0 saturated carbocycles. The van der Waals surface area contributed by atoms with Crippen LogP contribution in [0.25, 0.3) is 0 Å². The van der Waals surface area contributed by atoms with Gasteiger partial charge in [-0.1, -0.05) is 35.9 Å². The minimum absolute atomic E-state index is 0.111. The minimum Gasteiger partial charge on any atom is -0.457 e. The monoisotopic (exact) mass is 319 g/mol. The Hall–Kier alpha value is -2.18. The van der Waals surface area contributed by atoms with Gasteiger partial charge in [-0.05, 0) is 37.1 Å². The molecule has 0 atom stereocenters. The van der Waals surface area contributed by atoms with E-state index in [-0.39, 0.29) is 17.1 Å². The third-order valence-corrected chi connectivity index (χ3v) is 4.12. The van der Waals surface area contributed by atoms with Crippen LogP contribution in [0.2, 0.25) is 0 Å². The summed E-state index contributed by atoms with van der Waals surface area (Å²) in [7, 11) is -3.86. The van der Waals surface area contributed by atoms with E-state index in [1.165, 1.54) is 18.2 Å². The van der Waals surface area contributed by atoms with Gasteiger partial charge in [-0.15, -0.1) is 0 Å². The second-order valence-electron chi connectivity index (χ2n) is 5.09. The summed E-state index contributed by atoms with van der Waals surface area (Å²) >= 11 is 0. The molecule has 22 heavy (non-hydrogen) atoms. The highest BCUT2D eigenvalue weighted by Crippen LogP contribution is 2.16. The molecule has 2 aromatic carbocycles. The summed E-state index contributed by atoms with van der Waals surface area (Å²) in [6.45, 7) is 3.78. The second-order valence-corrected chi connectivity index (χ2v) is 6.65. The number of ether oxygens (including phenoxy) is 1. The second kappa shape index (κ2) is 6.29. The van der Waals surface area contributed by atoms with Crippen molar-refractivity contribution in [3.05, 3.63) is 64.7 Å². The Morgan fingerprint density at radius 3 is 2.50 bits per heavy atom. The average Bonchev–Trinajstić information content (AvgIpc) is 2.44. The quantitative estimate of drug-likeness (QED) is 0.876. The van der Waals surface area contributed by atoms with E-state index >= 15 is 0 Å². The van der Waals surface area contributed by atoms with Crippen LogP contribution in [0.1, 0.15) is 27.0 Å². The Kier molecular flexibility index (Phi) is 4.63. The van der Waals surface area contributed by atoms with E-state index in [1.807, 2.05) is 31.2 Å². The zero-order valence-corrected chi connectivity index (χ0v) is 13.2. The number of primary sulfonamides is 1. The van der Waals surface area contributed by atoms with Crippen LogP contribution in [0.3, 0.4) is 0 Å². The largest absolute Gasteiger partial charge is 0.457 e. The highest BCUT2D eigenvalue weighted by atomic mass is 32.2. The lowest BCUT2D eigenvalue weighted by Gasteiger charge is -2.09. The van der Waals surface area contributed by atoms with Gasteiger partial charge < -0.3 is 4.74 Å².